The van der Waals surface area contributed by atoms with Gasteiger partial charge < -0.3 is 19.4 Å². The van der Waals surface area contributed by atoms with Gasteiger partial charge in [0.2, 0.25) is 0 Å². The zero-order valence-electron chi connectivity index (χ0n) is 18.2. The number of hydrogen-bond acceptors (Lipinski definition) is 6. The monoisotopic (exact) mass is 455 g/mol. The fraction of sp³-hybridized carbons (Fsp3) is 0.400. The fourth-order valence-corrected chi connectivity index (χ4v) is 4.53. The third-order valence-electron chi connectivity index (χ3n) is 5.65. The average Bonchev–Trinajstić information content (AvgIpc) is 3.26. The number of unbranched alkanes of at least 4 members (excludes halogenated alkanes) is 3. The minimum Gasteiger partial charge on any atom is -0.492 e. The second-order valence-electron chi connectivity index (χ2n) is 8.16. The van der Waals surface area contributed by atoms with E-state index in [-0.39, 0.29) is 11.6 Å². The van der Waals surface area contributed by atoms with Gasteiger partial charge in [0.05, 0.1) is 18.4 Å². The third-order valence-corrected chi connectivity index (χ3v) is 6.37. The SMILES string of the molecule is CCCCCCOc1cscc1C(O)(O)N(C(=O)c1ccc(-c2ccco2)cc1)C1CC1. The molecule has 0 aliphatic heterocycles. The molecule has 2 heterocycles. The van der Waals surface area contributed by atoms with E-state index in [0.717, 1.165) is 44.1 Å². The maximum Gasteiger partial charge on any atom is 0.282 e. The standard InChI is InChI=1S/C25H29NO5S/c1-2-3-4-5-14-31-23-17-32-16-21(23)25(28,29)26(20-12-13-20)24(27)19-10-8-18(9-11-19)22-7-6-15-30-22/h6-11,15-17,20,28-29H,2-5,12-14H2,1H3. The van der Waals surface area contributed by atoms with Gasteiger partial charge in [-0.2, -0.15) is 0 Å². The van der Waals surface area contributed by atoms with Crippen molar-refractivity contribution in [1.82, 2.24) is 4.90 Å². The van der Waals surface area contributed by atoms with Gasteiger partial charge in [0, 0.05) is 27.9 Å². The molecular weight excluding hydrogens is 426 g/mol. The van der Waals surface area contributed by atoms with E-state index in [0.29, 0.717) is 23.7 Å². The number of ether oxygens (including phenoxy) is 1. The first-order valence-electron chi connectivity index (χ1n) is 11.1. The van der Waals surface area contributed by atoms with Crippen LogP contribution in [0.3, 0.4) is 0 Å². The van der Waals surface area contributed by atoms with Crippen molar-refractivity contribution in [1.29, 1.82) is 0 Å². The topological polar surface area (TPSA) is 83.1 Å². The van der Waals surface area contributed by atoms with Crippen LogP contribution in [0.4, 0.5) is 0 Å². The van der Waals surface area contributed by atoms with Crippen molar-refractivity contribution in [2.75, 3.05) is 6.61 Å². The number of rotatable bonds is 11. The Bertz CT molecular complexity index is 1010. The van der Waals surface area contributed by atoms with E-state index in [2.05, 4.69) is 6.92 Å². The van der Waals surface area contributed by atoms with Crippen molar-refractivity contribution in [2.24, 2.45) is 0 Å². The van der Waals surface area contributed by atoms with Crippen LogP contribution in [0.15, 0.2) is 57.8 Å². The lowest BCUT2D eigenvalue weighted by Crippen LogP contribution is -2.51. The van der Waals surface area contributed by atoms with Crippen molar-refractivity contribution < 1.29 is 24.2 Å². The molecule has 0 radical (unpaired) electrons. The molecule has 1 amide bonds. The number of benzene rings is 1. The number of thiophene rings is 1. The van der Waals surface area contributed by atoms with Gasteiger partial charge in [0.15, 0.2) is 0 Å². The predicted molar refractivity (Wildman–Crippen MR) is 123 cm³/mol. The maximum absolute atomic E-state index is 13.4. The van der Waals surface area contributed by atoms with E-state index in [4.69, 9.17) is 9.15 Å². The summed E-state index contributed by atoms with van der Waals surface area (Å²) >= 11 is 1.33. The quantitative estimate of drug-likeness (QED) is 0.300. The normalized spacial score (nSPS) is 13.8. The lowest BCUT2D eigenvalue weighted by atomic mass is 10.1. The first-order chi connectivity index (χ1) is 15.5. The molecule has 7 heteroatoms. The van der Waals surface area contributed by atoms with Gasteiger partial charge in [-0.1, -0.05) is 38.3 Å². The molecule has 2 aromatic heterocycles. The van der Waals surface area contributed by atoms with Gasteiger partial charge in [-0.25, -0.2) is 0 Å². The highest BCUT2D eigenvalue weighted by Gasteiger charge is 2.48. The van der Waals surface area contributed by atoms with Crippen LogP contribution in [0.25, 0.3) is 11.3 Å². The molecule has 0 unspecified atom stereocenters. The van der Waals surface area contributed by atoms with Crippen LogP contribution in [0.5, 0.6) is 5.75 Å². The Morgan fingerprint density at radius 1 is 1.16 bits per heavy atom. The summed E-state index contributed by atoms with van der Waals surface area (Å²) in [4.78, 5) is 14.5. The van der Waals surface area contributed by atoms with Crippen molar-refractivity contribution in [3.05, 3.63) is 64.5 Å². The van der Waals surface area contributed by atoms with Crippen molar-refractivity contribution in [2.45, 2.75) is 57.4 Å². The van der Waals surface area contributed by atoms with Crippen LogP contribution in [-0.2, 0) is 5.91 Å². The number of hydrogen-bond donors (Lipinski definition) is 2. The Balaban J connectivity index is 1.52. The van der Waals surface area contributed by atoms with Gasteiger partial charge >= 0.3 is 0 Å². The minimum absolute atomic E-state index is 0.213. The zero-order chi connectivity index (χ0) is 22.6. The van der Waals surface area contributed by atoms with Crippen LogP contribution in [-0.4, -0.2) is 33.7 Å². The molecule has 0 atom stereocenters. The van der Waals surface area contributed by atoms with Crippen molar-refractivity contribution >= 4 is 17.2 Å². The van der Waals surface area contributed by atoms with Gasteiger partial charge in [-0.05, 0) is 43.5 Å². The first-order valence-corrected chi connectivity index (χ1v) is 12.1. The maximum atomic E-state index is 13.4. The molecule has 1 fully saturated rings. The average molecular weight is 456 g/mol. The number of nitrogens with zero attached hydrogens (tertiary/aromatic N) is 1. The summed E-state index contributed by atoms with van der Waals surface area (Å²) in [6.45, 7) is 2.66. The van der Waals surface area contributed by atoms with E-state index in [9.17, 15) is 15.0 Å². The molecular formula is C25H29NO5S. The van der Waals surface area contributed by atoms with E-state index >= 15 is 0 Å². The Labute approximate surface area is 192 Å². The molecule has 170 valence electrons. The summed E-state index contributed by atoms with van der Waals surface area (Å²) in [5.74, 6) is -1.75. The fourth-order valence-electron chi connectivity index (χ4n) is 3.74. The summed E-state index contributed by atoms with van der Waals surface area (Å²) in [5, 5.41) is 25.7. The van der Waals surface area contributed by atoms with Crippen molar-refractivity contribution in [3.63, 3.8) is 0 Å². The van der Waals surface area contributed by atoms with Gasteiger partial charge in [0.1, 0.15) is 11.5 Å². The molecule has 2 N–H and O–H groups in total. The number of aliphatic hydroxyl groups is 2. The summed E-state index contributed by atoms with van der Waals surface area (Å²) in [7, 11) is 0. The molecule has 0 bridgehead atoms. The van der Waals surface area contributed by atoms with E-state index in [1.807, 2.05) is 6.07 Å². The molecule has 1 saturated carbocycles. The smallest absolute Gasteiger partial charge is 0.282 e. The van der Waals surface area contributed by atoms with E-state index < -0.39 is 11.8 Å². The summed E-state index contributed by atoms with van der Waals surface area (Å²) < 4.78 is 11.2. The van der Waals surface area contributed by atoms with Gasteiger partial charge in [0.25, 0.3) is 11.8 Å². The molecule has 1 aromatic carbocycles. The zero-order valence-corrected chi connectivity index (χ0v) is 19.0. The second kappa shape index (κ2) is 9.90. The summed E-state index contributed by atoms with van der Waals surface area (Å²) in [6.07, 6.45) is 7.32. The Morgan fingerprint density at radius 3 is 2.59 bits per heavy atom. The van der Waals surface area contributed by atoms with Crippen LogP contribution in [0, 0.1) is 0 Å². The van der Waals surface area contributed by atoms with Crippen LogP contribution in [0.2, 0.25) is 0 Å². The molecule has 1 aliphatic rings. The molecule has 6 nitrogen and oxygen atoms in total. The Kier molecular flexibility index (Phi) is 6.98. The molecule has 32 heavy (non-hydrogen) atoms. The lowest BCUT2D eigenvalue weighted by Gasteiger charge is -2.35. The number of carbonyl (C=O) groups is 1. The highest BCUT2D eigenvalue weighted by molar-refractivity contribution is 7.08. The predicted octanol–water partition coefficient (Wildman–Crippen LogP) is 5.37. The summed E-state index contributed by atoms with van der Waals surface area (Å²) in [5.41, 5.74) is 1.45. The minimum atomic E-state index is -2.45. The van der Waals surface area contributed by atoms with Gasteiger partial charge in [-0.3, -0.25) is 9.69 Å². The molecule has 1 aliphatic carbocycles. The molecule has 0 spiro atoms. The number of amides is 1. The first kappa shape index (κ1) is 22.6. The highest BCUT2D eigenvalue weighted by atomic mass is 32.1. The van der Waals surface area contributed by atoms with Crippen LogP contribution in [0.1, 0.15) is 61.4 Å². The molecule has 0 saturated heterocycles. The van der Waals surface area contributed by atoms with Crippen LogP contribution < -0.4 is 4.74 Å². The number of furan rings is 1. The van der Waals surface area contributed by atoms with Crippen LogP contribution >= 0.6 is 11.3 Å². The summed E-state index contributed by atoms with van der Waals surface area (Å²) in [6, 6.07) is 10.4. The third kappa shape index (κ3) is 4.90. The largest absolute Gasteiger partial charge is 0.492 e. The Hall–Kier alpha value is -2.61. The molecule has 3 aromatic rings. The highest BCUT2D eigenvalue weighted by Crippen LogP contribution is 2.41. The Morgan fingerprint density at radius 2 is 1.94 bits per heavy atom. The molecule has 4 rings (SSSR count). The number of carbonyl (C=O) groups excluding carboxylic acids is 1. The lowest BCUT2D eigenvalue weighted by molar-refractivity contribution is -0.259. The second-order valence-corrected chi connectivity index (χ2v) is 8.90. The van der Waals surface area contributed by atoms with E-state index in [1.165, 1.54) is 16.2 Å². The van der Waals surface area contributed by atoms with Gasteiger partial charge in [-0.15, -0.1) is 11.3 Å². The van der Waals surface area contributed by atoms with E-state index in [1.54, 1.807) is 47.4 Å². The van der Waals surface area contributed by atoms with Crippen molar-refractivity contribution in [3.8, 4) is 17.1 Å².